The van der Waals surface area contributed by atoms with E-state index in [1.165, 1.54) is 6.92 Å². The first-order valence-electron chi connectivity index (χ1n) is 4.96. The average molecular weight is 224 g/mol. The summed E-state index contributed by atoms with van der Waals surface area (Å²) in [6, 6.07) is -0.849. The van der Waals surface area contributed by atoms with E-state index in [4.69, 9.17) is 0 Å². The zero-order chi connectivity index (χ0) is 11.5. The fourth-order valence-electron chi connectivity index (χ4n) is 1.64. The van der Waals surface area contributed by atoms with Crippen molar-refractivity contribution in [3.8, 4) is 0 Å². The van der Waals surface area contributed by atoms with Gasteiger partial charge in [-0.25, -0.2) is 0 Å². The lowest BCUT2D eigenvalue weighted by atomic mass is 10.1. The summed E-state index contributed by atoms with van der Waals surface area (Å²) in [5.41, 5.74) is 0. The second-order valence-corrected chi connectivity index (χ2v) is 3.92. The maximum Gasteiger partial charge on any atom is 0.391 e. The maximum absolute atomic E-state index is 12.0. The second-order valence-electron chi connectivity index (χ2n) is 3.92. The zero-order valence-electron chi connectivity index (χ0n) is 8.53. The van der Waals surface area contributed by atoms with E-state index in [1.807, 2.05) is 0 Å². The molecule has 0 radical (unpaired) electrons. The Morgan fingerprint density at radius 1 is 1.60 bits per heavy atom. The monoisotopic (exact) mass is 224 g/mol. The van der Waals surface area contributed by atoms with Crippen molar-refractivity contribution in [3.05, 3.63) is 0 Å². The van der Waals surface area contributed by atoms with E-state index in [0.29, 0.717) is 13.0 Å². The quantitative estimate of drug-likeness (QED) is 0.752. The van der Waals surface area contributed by atoms with Crippen molar-refractivity contribution >= 4 is 5.91 Å². The van der Waals surface area contributed by atoms with E-state index in [0.717, 1.165) is 6.54 Å². The van der Waals surface area contributed by atoms with Gasteiger partial charge in [0.2, 0.25) is 5.91 Å². The topological polar surface area (TPSA) is 41.1 Å². The van der Waals surface area contributed by atoms with Gasteiger partial charge in [-0.05, 0) is 19.9 Å². The lowest BCUT2D eigenvalue weighted by Crippen LogP contribution is -2.40. The molecule has 0 aliphatic carbocycles. The standard InChI is InChI=1S/C9H15F3N2O/c1-6(4-9(10,11)12)14-8(15)7-2-3-13-5-7/h6-7,13H,2-5H2,1H3,(H,14,15). The lowest BCUT2D eigenvalue weighted by Gasteiger charge is -2.17. The van der Waals surface area contributed by atoms with Gasteiger partial charge in [-0.2, -0.15) is 13.2 Å². The Kier molecular flexibility index (Phi) is 3.96. The molecule has 1 heterocycles. The molecule has 0 aromatic carbocycles. The van der Waals surface area contributed by atoms with Crippen molar-refractivity contribution in [1.29, 1.82) is 0 Å². The highest BCUT2D eigenvalue weighted by Gasteiger charge is 2.32. The molecule has 2 atom stereocenters. The summed E-state index contributed by atoms with van der Waals surface area (Å²) < 4.78 is 35.9. The summed E-state index contributed by atoms with van der Waals surface area (Å²) in [4.78, 5) is 11.4. The SMILES string of the molecule is CC(CC(F)(F)F)NC(=O)C1CCNC1. The molecule has 3 nitrogen and oxygen atoms in total. The number of halogens is 3. The van der Waals surface area contributed by atoms with Crippen LogP contribution in [0.2, 0.25) is 0 Å². The van der Waals surface area contributed by atoms with Crippen molar-refractivity contribution in [2.24, 2.45) is 5.92 Å². The van der Waals surface area contributed by atoms with E-state index in [2.05, 4.69) is 10.6 Å². The van der Waals surface area contributed by atoms with E-state index >= 15 is 0 Å². The fraction of sp³-hybridized carbons (Fsp3) is 0.889. The molecule has 0 aromatic heterocycles. The van der Waals surface area contributed by atoms with E-state index < -0.39 is 18.6 Å². The third-order valence-electron chi connectivity index (χ3n) is 2.36. The Morgan fingerprint density at radius 2 is 2.27 bits per heavy atom. The minimum absolute atomic E-state index is 0.180. The van der Waals surface area contributed by atoms with E-state index in [1.54, 1.807) is 0 Å². The minimum atomic E-state index is -4.22. The second kappa shape index (κ2) is 4.83. The largest absolute Gasteiger partial charge is 0.391 e. The first kappa shape index (κ1) is 12.3. The summed E-state index contributed by atoms with van der Waals surface area (Å²) in [5, 5.41) is 5.37. The van der Waals surface area contributed by atoms with Crippen LogP contribution in [0.3, 0.4) is 0 Å². The van der Waals surface area contributed by atoms with Gasteiger partial charge in [-0.1, -0.05) is 0 Å². The number of alkyl halides is 3. The van der Waals surface area contributed by atoms with Gasteiger partial charge in [0.25, 0.3) is 0 Å². The molecule has 88 valence electrons. The molecule has 1 rings (SSSR count). The molecule has 2 N–H and O–H groups in total. The third kappa shape index (κ3) is 4.51. The number of hydrogen-bond donors (Lipinski definition) is 2. The van der Waals surface area contributed by atoms with Gasteiger partial charge < -0.3 is 10.6 Å². The van der Waals surface area contributed by atoms with Crippen molar-refractivity contribution in [3.63, 3.8) is 0 Å². The number of rotatable bonds is 3. The molecule has 15 heavy (non-hydrogen) atoms. The lowest BCUT2D eigenvalue weighted by molar-refractivity contribution is -0.142. The van der Waals surface area contributed by atoms with E-state index in [9.17, 15) is 18.0 Å². The molecule has 1 aliphatic heterocycles. The number of amides is 1. The van der Waals surface area contributed by atoms with Crippen LogP contribution in [0.1, 0.15) is 19.8 Å². The molecule has 0 bridgehead atoms. The summed E-state index contributed by atoms with van der Waals surface area (Å²) in [6.07, 6.45) is -4.50. The Morgan fingerprint density at radius 3 is 2.73 bits per heavy atom. The fourth-order valence-corrected chi connectivity index (χ4v) is 1.64. The molecule has 0 spiro atoms. The Bertz CT molecular complexity index is 224. The number of carbonyl (C=O) groups excluding carboxylic acids is 1. The first-order chi connectivity index (χ1) is 6.88. The Hall–Kier alpha value is -0.780. The van der Waals surface area contributed by atoms with Gasteiger partial charge in [0.1, 0.15) is 0 Å². The molecule has 6 heteroatoms. The number of nitrogens with one attached hydrogen (secondary N) is 2. The predicted molar refractivity (Wildman–Crippen MR) is 49.3 cm³/mol. The van der Waals surface area contributed by atoms with Crippen LogP contribution >= 0.6 is 0 Å². The average Bonchev–Trinajstić information content (AvgIpc) is 2.50. The van der Waals surface area contributed by atoms with E-state index in [-0.39, 0.29) is 11.8 Å². The van der Waals surface area contributed by atoms with Crippen molar-refractivity contribution < 1.29 is 18.0 Å². The molecular formula is C9H15F3N2O. The van der Waals surface area contributed by atoms with Gasteiger partial charge in [0, 0.05) is 12.6 Å². The Labute approximate surface area is 86.4 Å². The van der Waals surface area contributed by atoms with Crippen LogP contribution in [0.5, 0.6) is 0 Å². The summed E-state index contributed by atoms with van der Waals surface area (Å²) >= 11 is 0. The molecule has 0 saturated carbocycles. The van der Waals surface area contributed by atoms with Crippen molar-refractivity contribution in [1.82, 2.24) is 10.6 Å². The summed E-state index contributed by atoms with van der Waals surface area (Å²) in [7, 11) is 0. The maximum atomic E-state index is 12.0. The molecule has 1 aliphatic rings. The molecule has 1 saturated heterocycles. The Balaban J connectivity index is 2.30. The highest BCUT2D eigenvalue weighted by atomic mass is 19.4. The molecule has 0 aromatic rings. The van der Waals surface area contributed by atoms with Crippen LogP contribution in [0.4, 0.5) is 13.2 Å². The third-order valence-corrected chi connectivity index (χ3v) is 2.36. The van der Waals surface area contributed by atoms with Crippen molar-refractivity contribution in [2.45, 2.75) is 32.0 Å². The van der Waals surface area contributed by atoms with Crippen LogP contribution in [-0.4, -0.2) is 31.2 Å². The van der Waals surface area contributed by atoms with Gasteiger partial charge in [-0.3, -0.25) is 4.79 Å². The highest BCUT2D eigenvalue weighted by Crippen LogP contribution is 2.21. The van der Waals surface area contributed by atoms with Crippen molar-refractivity contribution in [2.75, 3.05) is 13.1 Å². The highest BCUT2D eigenvalue weighted by molar-refractivity contribution is 5.79. The minimum Gasteiger partial charge on any atom is -0.353 e. The van der Waals surface area contributed by atoms with Crippen LogP contribution < -0.4 is 10.6 Å². The van der Waals surface area contributed by atoms with Gasteiger partial charge in [-0.15, -0.1) is 0 Å². The summed E-state index contributed by atoms with van der Waals surface area (Å²) in [5.74, 6) is -0.461. The van der Waals surface area contributed by atoms with Crippen LogP contribution in [-0.2, 0) is 4.79 Å². The smallest absolute Gasteiger partial charge is 0.353 e. The van der Waals surface area contributed by atoms with Crippen LogP contribution in [0.25, 0.3) is 0 Å². The molecule has 2 unspecified atom stereocenters. The zero-order valence-corrected chi connectivity index (χ0v) is 8.53. The molecular weight excluding hydrogens is 209 g/mol. The van der Waals surface area contributed by atoms with Gasteiger partial charge in [0.05, 0.1) is 12.3 Å². The first-order valence-corrected chi connectivity index (χ1v) is 4.96. The molecule has 1 amide bonds. The summed E-state index contributed by atoms with van der Waals surface area (Å²) in [6.45, 7) is 2.68. The van der Waals surface area contributed by atoms with Gasteiger partial charge in [0.15, 0.2) is 0 Å². The molecule has 1 fully saturated rings. The van der Waals surface area contributed by atoms with Crippen LogP contribution in [0.15, 0.2) is 0 Å². The van der Waals surface area contributed by atoms with Crippen LogP contribution in [0, 0.1) is 5.92 Å². The normalized spacial score (nSPS) is 23.9. The number of hydrogen-bond acceptors (Lipinski definition) is 2. The number of carbonyl (C=O) groups is 1. The predicted octanol–water partition coefficient (Wildman–Crippen LogP) is 1.05. The van der Waals surface area contributed by atoms with Gasteiger partial charge >= 0.3 is 6.18 Å².